The maximum Gasteiger partial charge on any atom is 0.349 e. The van der Waals surface area contributed by atoms with Crippen LogP contribution in [0.2, 0.25) is 0 Å². The zero-order valence-corrected chi connectivity index (χ0v) is 12.5. The van der Waals surface area contributed by atoms with Crippen molar-refractivity contribution in [1.82, 2.24) is 5.32 Å². The Morgan fingerprint density at radius 3 is 2.50 bits per heavy atom. The second-order valence-corrected chi connectivity index (χ2v) is 5.62. The Balaban J connectivity index is 1.94. The van der Waals surface area contributed by atoms with Gasteiger partial charge in [0, 0.05) is 12.1 Å². The average Bonchev–Trinajstić information content (AvgIpc) is 3.06. The van der Waals surface area contributed by atoms with Crippen molar-refractivity contribution in [3.05, 3.63) is 29.8 Å². The third-order valence-electron chi connectivity index (χ3n) is 4.15. The highest BCUT2D eigenvalue weighted by Gasteiger charge is 2.41. The summed E-state index contributed by atoms with van der Waals surface area (Å²) in [7, 11) is 1.43. The number of ether oxygens (including phenoxy) is 1. The lowest BCUT2D eigenvalue weighted by Crippen LogP contribution is -2.43. The number of hydrogen-bond donors (Lipinski definition) is 2. The first kappa shape index (κ1) is 16.7. The van der Waals surface area contributed by atoms with Crippen LogP contribution in [0.25, 0.3) is 0 Å². The monoisotopic (exact) mass is 313 g/mol. The molecule has 0 aliphatic heterocycles. The van der Waals surface area contributed by atoms with Crippen LogP contribution in [0.3, 0.4) is 0 Å². The number of alkyl halides is 2. The molecule has 22 heavy (non-hydrogen) atoms. The molecule has 1 aromatic carbocycles. The molecule has 1 atom stereocenters. The van der Waals surface area contributed by atoms with Gasteiger partial charge in [-0.3, -0.25) is 4.79 Å². The number of amides is 1. The van der Waals surface area contributed by atoms with Crippen molar-refractivity contribution in [1.29, 1.82) is 0 Å². The molecule has 1 amide bonds. The number of carbonyl (C=O) groups is 1. The van der Waals surface area contributed by atoms with Crippen molar-refractivity contribution in [3.63, 3.8) is 0 Å². The summed E-state index contributed by atoms with van der Waals surface area (Å²) in [5.41, 5.74) is -0.402. The van der Waals surface area contributed by atoms with Crippen LogP contribution in [0.1, 0.15) is 31.2 Å². The number of hydrogen-bond acceptors (Lipinski definition) is 3. The summed E-state index contributed by atoms with van der Waals surface area (Å²) in [6.45, 7) is -0.144. The van der Waals surface area contributed by atoms with Crippen LogP contribution < -0.4 is 10.1 Å². The van der Waals surface area contributed by atoms with E-state index in [1.165, 1.54) is 19.2 Å². The van der Waals surface area contributed by atoms with Crippen molar-refractivity contribution >= 4 is 5.91 Å². The zero-order valence-electron chi connectivity index (χ0n) is 12.5. The van der Waals surface area contributed by atoms with E-state index in [-0.39, 0.29) is 12.5 Å². The first-order valence-corrected chi connectivity index (χ1v) is 7.44. The molecule has 1 saturated carbocycles. The third-order valence-corrected chi connectivity index (χ3v) is 4.15. The maximum atomic E-state index is 14.1. The molecule has 1 aromatic rings. The lowest BCUT2D eigenvalue weighted by Gasteiger charge is -2.21. The lowest BCUT2D eigenvalue weighted by molar-refractivity contribution is -0.147. The molecule has 0 aromatic heterocycles. The second-order valence-electron chi connectivity index (χ2n) is 5.62. The van der Waals surface area contributed by atoms with Gasteiger partial charge in [-0.2, -0.15) is 8.78 Å². The minimum Gasteiger partial charge on any atom is -0.497 e. The minimum absolute atomic E-state index is 0.0925. The predicted molar refractivity (Wildman–Crippen MR) is 77.9 cm³/mol. The van der Waals surface area contributed by atoms with Crippen molar-refractivity contribution in [2.75, 3.05) is 13.7 Å². The number of carbonyl (C=O) groups excluding carboxylic acids is 1. The highest BCUT2D eigenvalue weighted by Crippen LogP contribution is 2.30. The van der Waals surface area contributed by atoms with Gasteiger partial charge in [0.1, 0.15) is 5.75 Å². The average molecular weight is 313 g/mol. The van der Waals surface area contributed by atoms with Crippen LogP contribution in [-0.2, 0) is 10.7 Å². The Bertz CT molecular complexity index is 499. The molecular weight excluding hydrogens is 292 g/mol. The number of benzene rings is 1. The smallest absolute Gasteiger partial charge is 0.349 e. The Morgan fingerprint density at radius 2 is 1.95 bits per heavy atom. The molecule has 1 aliphatic rings. The molecule has 1 fully saturated rings. The summed E-state index contributed by atoms with van der Waals surface area (Å²) in [5.74, 6) is -4.50. The van der Waals surface area contributed by atoms with E-state index in [0.29, 0.717) is 5.75 Å². The molecule has 0 saturated heterocycles. The van der Waals surface area contributed by atoms with Gasteiger partial charge in [-0.25, -0.2) is 0 Å². The molecule has 0 bridgehead atoms. The van der Waals surface area contributed by atoms with E-state index in [1.54, 1.807) is 0 Å². The Kier molecular flexibility index (Phi) is 5.34. The summed E-state index contributed by atoms with van der Waals surface area (Å²) < 4.78 is 33.1. The van der Waals surface area contributed by atoms with Crippen molar-refractivity contribution in [3.8, 4) is 5.75 Å². The van der Waals surface area contributed by atoms with Gasteiger partial charge in [0.2, 0.25) is 0 Å². The molecule has 1 aliphatic carbocycles. The van der Waals surface area contributed by atoms with Gasteiger partial charge in [-0.15, -0.1) is 0 Å². The van der Waals surface area contributed by atoms with Crippen LogP contribution in [0, 0.1) is 5.92 Å². The molecular formula is C16H21F2NO3. The molecule has 122 valence electrons. The van der Waals surface area contributed by atoms with E-state index in [1.807, 2.05) is 0 Å². The molecule has 4 nitrogen and oxygen atoms in total. The minimum atomic E-state index is -3.64. The van der Waals surface area contributed by atoms with E-state index in [9.17, 15) is 18.7 Å². The van der Waals surface area contributed by atoms with Gasteiger partial charge in [0.15, 0.2) is 0 Å². The molecule has 0 heterocycles. The Labute approximate surface area is 128 Å². The van der Waals surface area contributed by atoms with E-state index >= 15 is 0 Å². The molecule has 1 unspecified atom stereocenters. The summed E-state index contributed by atoms with van der Waals surface area (Å²) in [5, 5.41) is 12.1. The van der Waals surface area contributed by atoms with Crippen molar-refractivity contribution in [2.45, 2.75) is 37.7 Å². The van der Waals surface area contributed by atoms with E-state index in [4.69, 9.17) is 4.74 Å². The predicted octanol–water partition coefficient (Wildman–Crippen LogP) is 2.45. The summed E-state index contributed by atoms with van der Waals surface area (Å²) in [6.07, 6.45) is 3.07. The highest BCUT2D eigenvalue weighted by molar-refractivity contribution is 5.84. The molecule has 0 radical (unpaired) electrons. The Morgan fingerprint density at radius 1 is 1.36 bits per heavy atom. The quantitative estimate of drug-likeness (QED) is 0.848. The summed E-state index contributed by atoms with van der Waals surface area (Å²) in [6, 6.07) is 5.07. The summed E-state index contributed by atoms with van der Waals surface area (Å²) >= 11 is 0. The van der Waals surface area contributed by atoms with Crippen LogP contribution in [0.4, 0.5) is 8.78 Å². The highest BCUT2D eigenvalue weighted by atomic mass is 19.3. The number of rotatable bonds is 6. The molecule has 2 N–H and O–H groups in total. The Hall–Kier alpha value is -1.69. The molecule has 6 heteroatoms. The largest absolute Gasteiger partial charge is 0.497 e. The number of methoxy groups -OCH3 is 1. The lowest BCUT2D eigenvalue weighted by atomic mass is 10.0. The number of halogens is 2. The van der Waals surface area contributed by atoms with Crippen LogP contribution >= 0.6 is 0 Å². The fraction of sp³-hybridized carbons (Fsp3) is 0.562. The van der Waals surface area contributed by atoms with Crippen LogP contribution in [0.15, 0.2) is 24.3 Å². The molecule has 0 spiro atoms. The van der Waals surface area contributed by atoms with Crippen molar-refractivity contribution in [2.24, 2.45) is 5.92 Å². The zero-order chi connectivity index (χ0) is 16.2. The van der Waals surface area contributed by atoms with E-state index < -0.39 is 23.5 Å². The number of aliphatic hydroxyl groups excluding tert-OH is 1. The fourth-order valence-electron chi connectivity index (χ4n) is 2.75. The fourth-order valence-corrected chi connectivity index (χ4v) is 2.75. The SMILES string of the molecule is COc1ccc(C(F)(F)C(=O)NCC(O)C2CCCC2)cc1. The molecule has 2 rings (SSSR count). The van der Waals surface area contributed by atoms with Gasteiger partial charge in [0.25, 0.3) is 5.91 Å². The maximum absolute atomic E-state index is 14.1. The van der Waals surface area contributed by atoms with Gasteiger partial charge in [-0.1, -0.05) is 12.8 Å². The van der Waals surface area contributed by atoms with Crippen LogP contribution in [0.5, 0.6) is 5.75 Å². The van der Waals surface area contributed by atoms with Gasteiger partial charge in [0.05, 0.1) is 13.2 Å². The standard InChI is InChI=1S/C16H21F2NO3/c1-22-13-8-6-12(7-9-13)16(17,18)15(21)19-10-14(20)11-4-2-3-5-11/h6-9,11,14,20H,2-5,10H2,1H3,(H,19,21). The third kappa shape index (κ3) is 3.74. The number of aliphatic hydroxyl groups is 1. The first-order valence-electron chi connectivity index (χ1n) is 7.44. The van der Waals surface area contributed by atoms with E-state index in [2.05, 4.69) is 5.32 Å². The second kappa shape index (κ2) is 7.05. The van der Waals surface area contributed by atoms with Gasteiger partial charge in [-0.05, 0) is 43.0 Å². The van der Waals surface area contributed by atoms with Gasteiger partial charge >= 0.3 is 5.92 Å². The number of nitrogens with one attached hydrogen (secondary N) is 1. The topological polar surface area (TPSA) is 58.6 Å². The van der Waals surface area contributed by atoms with Crippen molar-refractivity contribution < 1.29 is 23.4 Å². The van der Waals surface area contributed by atoms with Crippen LogP contribution in [-0.4, -0.2) is 30.8 Å². The summed E-state index contributed by atoms with van der Waals surface area (Å²) in [4.78, 5) is 11.7. The first-order chi connectivity index (χ1) is 10.4. The van der Waals surface area contributed by atoms with E-state index in [0.717, 1.165) is 37.8 Å². The normalized spacial score (nSPS) is 17.3. The van der Waals surface area contributed by atoms with Gasteiger partial charge < -0.3 is 15.2 Å².